The first-order valence-electron chi connectivity index (χ1n) is 7.09. The van der Waals surface area contributed by atoms with E-state index in [-0.39, 0.29) is 12.3 Å². The Kier molecular flexibility index (Phi) is 4.71. The topological polar surface area (TPSA) is 57.6 Å². The maximum Gasteiger partial charge on any atom is 0.309 e. The molecule has 114 valence electrons. The smallest absolute Gasteiger partial charge is 0.309 e. The van der Waals surface area contributed by atoms with Gasteiger partial charge in [0.1, 0.15) is 0 Å². The average molecular weight is 354 g/mol. The molecule has 4 nitrogen and oxygen atoms in total. The first kappa shape index (κ1) is 16.0. The number of rotatable bonds is 4. The van der Waals surface area contributed by atoms with Crippen LogP contribution in [0.2, 0.25) is 0 Å². The molecule has 1 amide bonds. The SMILES string of the molecule is Cc1ccc(C2C(C(=O)O)CC(=O)N2CC(C)C)c(Br)c1. The summed E-state index contributed by atoms with van der Waals surface area (Å²) in [4.78, 5) is 25.5. The molecule has 21 heavy (non-hydrogen) atoms. The third-order valence-electron chi connectivity index (χ3n) is 3.79. The highest BCUT2D eigenvalue weighted by Crippen LogP contribution is 2.41. The van der Waals surface area contributed by atoms with E-state index in [4.69, 9.17) is 0 Å². The monoisotopic (exact) mass is 353 g/mol. The van der Waals surface area contributed by atoms with Crippen LogP contribution in [0.1, 0.15) is 37.4 Å². The quantitative estimate of drug-likeness (QED) is 0.902. The van der Waals surface area contributed by atoms with Crippen LogP contribution in [0, 0.1) is 18.8 Å². The minimum atomic E-state index is -0.910. The highest BCUT2D eigenvalue weighted by molar-refractivity contribution is 9.10. The number of hydrogen-bond donors (Lipinski definition) is 1. The summed E-state index contributed by atoms with van der Waals surface area (Å²) in [5, 5.41) is 9.47. The van der Waals surface area contributed by atoms with Crippen molar-refractivity contribution in [3.8, 4) is 0 Å². The molecule has 1 aliphatic heterocycles. The lowest BCUT2D eigenvalue weighted by molar-refractivity contribution is -0.142. The van der Waals surface area contributed by atoms with E-state index < -0.39 is 17.9 Å². The molecule has 2 unspecified atom stereocenters. The van der Waals surface area contributed by atoms with E-state index in [2.05, 4.69) is 15.9 Å². The van der Waals surface area contributed by atoms with E-state index in [1.807, 2.05) is 39.0 Å². The molecular weight excluding hydrogens is 334 g/mol. The first-order valence-corrected chi connectivity index (χ1v) is 7.89. The number of carbonyl (C=O) groups excluding carboxylic acids is 1. The number of carbonyl (C=O) groups is 2. The highest BCUT2D eigenvalue weighted by Gasteiger charge is 2.45. The summed E-state index contributed by atoms with van der Waals surface area (Å²) in [5.74, 6) is -1.37. The van der Waals surface area contributed by atoms with Gasteiger partial charge in [-0.2, -0.15) is 0 Å². The Morgan fingerprint density at radius 3 is 2.67 bits per heavy atom. The zero-order valence-corrected chi connectivity index (χ0v) is 14.1. The van der Waals surface area contributed by atoms with E-state index in [9.17, 15) is 14.7 Å². The second-order valence-corrected chi connectivity index (χ2v) is 6.91. The standard InChI is InChI=1S/C16H20BrNO3/c1-9(2)8-18-14(19)7-12(16(20)21)15(18)11-5-4-10(3)6-13(11)17/h4-6,9,12,15H,7-8H2,1-3H3,(H,20,21). The van der Waals surface area contributed by atoms with E-state index >= 15 is 0 Å². The summed E-state index contributed by atoms with van der Waals surface area (Å²) in [7, 11) is 0. The number of halogens is 1. The summed E-state index contributed by atoms with van der Waals surface area (Å²) in [5.41, 5.74) is 1.97. The van der Waals surface area contributed by atoms with Crippen LogP contribution in [0.5, 0.6) is 0 Å². The van der Waals surface area contributed by atoms with Gasteiger partial charge in [-0.1, -0.05) is 41.9 Å². The predicted octanol–water partition coefficient (Wildman–Crippen LogP) is 3.39. The summed E-state index contributed by atoms with van der Waals surface area (Å²) in [6.45, 7) is 6.62. The van der Waals surface area contributed by atoms with Crippen molar-refractivity contribution in [2.24, 2.45) is 11.8 Å². The number of amides is 1. The van der Waals surface area contributed by atoms with Gasteiger partial charge >= 0.3 is 5.97 Å². The van der Waals surface area contributed by atoms with Crippen LogP contribution in [0.3, 0.4) is 0 Å². The fourth-order valence-electron chi connectivity index (χ4n) is 2.88. The van der Waals surface area contributed by atoms with Crippen molar-refractivity contribution in [3.05, 3.63) is 33.8 Å². The van der Waals surface area contributed by atoms with Crippen molar-refractivity contribution < 1.29 is 14.7 Å². The van der Waals surface area contributed by atoms with Crippen molar-refractivity contribution in [2.45, 2.75) is 33.2 Å². The van der Waals surface area contributed by atoms with Crippen LogP contribution in [-0.2, 0) is 9.59 Å². The fraction of sp³-hybridized carbons (Fsp3) is 0.500. The Morgan fingerprint density at radius 2 is 2.14 bits per heavy atom. The molecule has 0 bridgehead atoms. The van der Waals surface area contributed by atoms with Crippen LogP contribution in [0.15, 0.2) is 22.7 Å². The van der Waals surface area contributed by atoms with Gasteiger partial charge in [-0.25, -0.2) is 0 Å². The Labute approximate surface area is 133 Å². The number of nitrogens with zero attached hydrogens (tertiary/aromatic N) is 1. The molecule has 1 aliphatic rings. The average Bonchev–Trinajstić information content (AvgIpc) is 2.67. The highest BCUT2D eigenvalue weighted by atomic mass is 79.9. The summed E-state index contributed by atoms with van der Waals surface area (Å²) in [6, 6.07) is 5.44. The van der Waals surface area contributed by atoms with Gasteiger partial charge in [-0.3, -0.25) is 9.59 Å². The number of carboxylic acid groups (broad SMARTS) is 1. The zero-order chi connectivity index (χ0) is 15.7. The predicted molar refractivity (Wildman–Crippen MR) is 83.9 cm³/mol. The van der Waals surface area contributed by atoms with E-state index in [0.29, 0.717) is 12.5 Å². The first-order chi connectivity index (χ1) is 9.81. The largest absolute Gasteiger partial charge is 0.481 e. The molecule has 2 atom stereocenters. The van der Waals surface area contributed by atoms with Gasteiger partial charge in [0.15, 0.2) is 0 Å². The fourth-order valence-corrected chi connectivity index (χ4v) is 3.60. The molecule has 0 aliphatic carbocycles. The molecule has 1 aromatic carbocycles. The number of aryl methyl sites for hydroxylation is 1. The number of carboxylic acids is 1. The molecule has 1 heterocycles. The van der Waals surface area contributed by atoms with Gasteiger partial charge in [0.2, 0.25) is 5.91 Å². The summed E-state index contributed by atoms with van der Waals surface area (Å²) in [6.07, 6.45) is 0.0764. The Hall–Kier alpha value is -1.36. The number of benzene rings is 1. The van der Waals surface area contributed by atoms with Crippen LogP contribution >= 0.6 is 15.9 Å². The molecule has 2 rings (SSSR count). The van der Waals surface area contributed by atoms with Gasteiger partial charge in [0.05, 0.1) is 12.0 Å². The lowest BCUT2D eigenvalue weighted by Crippen LogP contribution is -2.33. The lowest BCUT2D eigenvalue weighted by atomic mass is 9.93. The van der Waals surface area contributed by atoms with Crippen LogP contribution in [-0.4, -0.2) is 28.4 Å². The second-order valence-electron chi connectivity index (χ2n) is 6.06. The van der Waals surface area contributed by atoms with Crippen molar-refractivity contribution in [2.75, 3.05) is 6.54 Å². The summed E-state index contributed by atoms with van der Waals surface area (Å²) < 4.78 is 0.863. The Morgan fingerprint density at radius 1 is 1.48 bits per heavy atom. The van der Waals surface area contributed by atoms with E-state index in [1.54, 1.807) is 4.90 Å². The molecule has 1 saturated heterocycles. The molecule has 1 fully saturated rings. The molecule has 0 radical (unpaired) electrons. The lowest BCUT2D eigenvalue weighted by Gasteiger charge is -2.29. The van der Waals surface area contributed by atoms with E-state index in [0.717, 1.165) is 15.6 Å². The van der Waals surface area contributed by atoms with Crippen LogP contribution in [0.25, 0.3) is 0 Å². The van der Waals surface area contributed by atoms with Gasteiger partial charge < -0.3 is 10.0 Å². The van der Waals surface area contributed by atoms with Crippen molar-refractivity contribution in [1.82, 2.24) is 4.90 Å². The van der Waals surface area contributed by atoms with Crippen molar-refractivity contribution in [3.63, 3.8) is 0 Å². The van der Waals surface area contributed by atoms with E-state index in [1.165, 1.54) is 0 Å². The third-order valence-corrected chi connectivity index (χ3v) is 4.47. The molecule has 0 saturated carbocycles. The minimum absolute atomic E-state index is 0.0754. The second kappa shape index (κ2) is 6.18. The van der Waals surface area contributed by atoms with Crippen LogP contribution in [0.4, 0.5) is 0 Å². The van der Waals surface area contributed by atoms with Gasteiger partial charge in [-0.15, -0.1) is 0 Å². The van der Waals surface area contributed by atoms with Crippen molar-refractivity contribution >= 4 is 27.8 Å². The molecule has 0 aromatic heterocycles. The molecule has 1 aromatic rings. The molecule has 0 spiro atoms. The maximum absolute atomic E-state index is 12.2. The third kappa shape index (κ3) is 3.28. The molecular formula is C16H20BrNO3. The number of aliphatic carboxylic acids is 1. The Balaban J connectivity index is 2.46. The zero-order valence-electron chi connectivity index (χ0n) is 12.5. The molecule has 5 heteroatoms. The molecule has 1 N–H and O–H groups in total. The van der Waals surface area contributed by atoms with Gasteiger partial charge in [0.25, 0.3) is 0 Å². The summed E-state index contributed by atoms with van der Waals surface area (Å²) >= 11 is 3.52. The number of hydrogen-bond acceptors (Lipinski definition) is 2. The number of likely N-dealkylation sites (tertiary alicyclic amines) is 1. The van der Waals surface area contributed by atoms with Crippen molar-refractivity contribution in [1.29, 1.82) is 0 Å². The van der Waals surface area contributed by atoms with Gasteiger partial charge in [-0.05, 0) is 30.0 Å². The maximum atomic E-state index is 12.2. The normalized spacial score (nSPS) is 22.1. The Bertz CT molecular complexity index is 571. The minimum Gasteiger partial charge on any atom is -0.481 e. The van der Waals surface area contributed by atoms with Gasteiger partial charge in [0, 0.05) is 17.4 Å². The van der Waals surface area contributed by atoms with Crippen LogP contribution < -0.4 is 0 Å².